The molecule has 0 fully saturated rings. The molecule has 0 aliphatic carbocycles. The van der Waals surface area contributed by atoms with Crippen LogP contribution in [0.25, 0.3) is 22.5 Å². The fourth-order valence-electron chi connectivity index (χ4n) is 5.97. The van der Waals surface area contributed by atoms with Gasteiger partial charge >= 0.3 is 0 Å². The normalized spacial score (nSPS) is 15.8. The van der Waals surface area contributed by atoms with Crippen LogP contribution >= 0.6 is 11.9 Å². The Labute approximate surface area is 296 Å². The summed E-state index contributed by atoms with van der Waals surface area (Å²) in [6.45, 7) is 20.0. The zero-order valence-corrected chi connectivity index (χ0v) is 31.5. The van der Waals surface area contributed by atoms with Gasteiger partial charge in [0, 0.05) is 34.4 Å². The van der Waals surface area contributed by atoms with Crippen LogP contribution in [0.5, 0.6) is 5.88 Å². The molecule has 2 aromatic carbocycles. The van der Waals surface area contributed by atoms with Crippen molar-refractivity contribution in [1.82, 2.24) is 19.9 Å². The Balaban J connectivity index is 0.00000130. The van der Waals surface area contributed by atoms with Gasteiger partial charge in [0.1, 0.15) is 16.9 Å². The maximum absolute atomic E-state index is 15.0. The molecule has 0 saturated heterocycles. The highest BCUT2D eigenvalue weighted by atomic mass is 32.2. The Bertz CT molecular complexity index is 1800. The number of nitrogens with zero attached hydrogens (tertiary/aromatic N) is 4. The summed E-state index contributed by atoms with van der Waals surface area (Å²) in [6, 6.07) is 18.6. The number of aryl methyl sites for hydroxylation is 2. The Morgan fingerprint density at radius 3 is 2.37 bits per heavy atom. The first kappa shape index (κ1) is 37.8. The maximum Gasteiger partial charge on any atom is 0.245 e. The van der Waals surface area contributed by atoms with Gasteiger partial charge in [0.25, 0.3) is 0 Å². The molecule has 2 unspecified atom stereocenters. The Morgan fingerprint density at radius 2 is 1.67 bits per heavy atom. The zero-order valence-electron chi connectivity index (χ0n) is 30.7. The lowest BCUT2D eigenvalue weighted by Crippen LogP contribution is -2.26. The summed E-state index contributed by atoms with van der Waals surface area (Å²) >= 11 is 1.46. The number of alkyl halides is 1. The van der Waals surface area contributed by atoms with Crippen molar-refractivity contribution in [2.45, 2.75) is 111 Å². The van der Waals surface area contributed by atoms with Crippen molar-refractivity contribution in [2.75, 3.05) is 11.3 Å². The number of fused-ring (bicyclic) bond motifs is 5. The highest BCUT2D eigenvalue weighted by molar-refractivity contribution is 8.00. The van der Waals surface area contributed by atoms with Gasteiger partial charge in [-0.15, -0.1) is 0 Å². The zero-order chi connectivity index (χ0) is 35.7. The first-order valence-electron chi connectivity index (χ1n) is 17.6. The van der Waals surface area contributed by atoms with Crippen molar-refractivity contribution in [1.29, 1.82) is 0 Å². The van der Waals surface area contributed by atoms with E-state index in [4.69, 9.17) is 24.1 Å². The minimum Gasteiger partial charge on any atom is -0.477 e. The van der Waals surface area contributed by atoms with E-state index in [1.54, 1.807) is 20.0 Å². The highest BCUT2D eigenvalue weighted by Gasteiger charge is 2.29. The number of ether oxygens (including phenoxy) is 1. The fraction of sp³-hybridized carbons (Fsp3) is 0.450. The lowest BCUT2D eigenvalue weighted by atomic mass is 9.79. The average Bonchev–Trinajstić information content (AvgIpc) is 3.52. The van der Waals surface area contributed by atoms with Crippen LogP contribution < -0.4 is 9.46 Å². The molecule has 49 heavy (non-hydrogen) atoms. The molecule has 0 amide bonds. The summed E-state index contributed by atoms with van der Waals surface area (Å²) in [7, 11) is 0. The van der Waals surface area contributed by atoms with E-state index < -0.39 is 5.67 Å². The number of anilines is 1. The van der Waals surface area contributed by atoms with E-state index in [0.717, 1.165) is 49.8 Å². The van der Waals surface area contributed by atoms with Crippen LogP contribution in [0.2, 0.25) is 0 Å². The number of rotatable bonds is 7. The summed E-state index contributed by atoms with van der Waals surface area (Å²) < 4.78 is 30.8. The lowest BCUT2D eigenvalue weighted by molar-refractivity contribution is 0.152. The van der Waals surface area contributed by atoms with E-state index in [2.05, 4.69) is 79.9 Å². The van der Waals surface area contributed by atoms with E-state index in [-0.39, 0.29) is 17.8 Å². The fourth-order valence-corrected chi connectivity index (χ4v) is 6.61. The summed E-state index contributed by atoms with van der Waals surface area (Å²) in [5.74, 6) is 2.04. The Morgan fingerprint density at radius 1 is 0.959 bits per heavy atom. The van der Waals surface area contributed by atoms with Gasteiger partial charge in [-0.2, -0.15) is 4.98 Å². The minimum absolute atomic E-state index is 0.00469. The van der Waals surface area contributed by atoms with Gasteiger partial charge in [0.05, 0.1) is 24.2 Å². The first-order valence-corrected chi connectivity index (χ1v) is 18.4. The summed E-state index contributed by atoms with van der Waals surface area (Å²) in [5.41, 5.74) is 6.12. The molecule has 3 aromatic heterocycles. The molecule has 0 spiro atoms. The molecule has 1 aliphatic heterocycles. The number of hydrogen-bond acceptors (Lipinski definition) is 8. The maximum atomic E-state index is 15.0. The van der Waals surface area contributed by atoms with Crippen molar-refractivity contribution >= 4 is 29.1 Å². The van der Waals surface area contributed by atoms with Gasteiger partial charge in [-0.1, -0.05) is 71.9 Å². The van der Waals surface area contributed by atoms with Crippen LogP contribution in [-0.4, -0.2) is 32.2 Å². The molecule has 7 nitrogen and oxygen atoms in total. The molecule has 4 bridgehead atoms. The van der Waals surface area contributed by atoms with Crippen molar-refractivity contribution in [3.8, 4) is 17.1 Å². The molecule has 2 atom stereocenters. The van der Waals surface area contributed by atoms with E-state index >= 15 is 0 Å². The number of hydrogen-bond donors (Lipinski definition) is 1. The number of nitrogens with one attached hydrogen (secondary N) is 1. The summed E-state index contributed by atoms with van der Waals surface area (Å²) in [4.78, 5) is 20.2. The lowest BCUT2D eigenvalue weighted by Gasteiger charge is -2.30. The van der Waals surface area contributed by atoms with E-state index in [1.165, 1.54) is 11.9 Å². The van der Waals surface area contributed by atoms with E-state index in [9.17, 15) is 4.39 Å². The molecule has 5 aromatic rings. The van der Waals surface area contributed by atoms with Gasteiger partial charge in [-0.3, -0.25) is 4.72 Å². The van der Waals surface area contributed by atoms with Gasteiger partial charge in [0.2, 0.25) is 17.5 Å². The van der Waals surface area contributed by atoms with Crippen LogP contribution in [0.3, 0.4) is 0 Å². The average molecular weight is 686 g/mol. The van der Waals surface area contributed by atoms with Crippen LogP contribution in [0.15, 0.2) is 70.1 Å². The van der Waals surface area contributed by atoms with Crippen molar-refractivity contribution in [3.05, 3.63) is 88.9 Å². The Hall–Kier alpha value is -3.98. The summed E-state index contributed by atoms with van der Waals surface area (Å²) in [5, 5.41) is 0. The molecule has 0 saturated carbocycles. The molecule has 4 heterocycles. The molecule has 1 aliphatic rings. The second-order valence-corrected chi connectivity index (χ2v) is 13.8. The molecular weight excluding hydrogens is 634 g/mol. The predicted octanol–water partition coefficient (Wildman–Crippen LogP) is 11.5. The number of halogens is 1. The second-order valence-electron chi connectivity index (χ2n) is 13.0. The topological polar surface area (TPSA) is 86.0 Å². The molecular formula is C40H52FN5O2S. The molecule has 262 valence electrons. The Kier molecular flexibility index (Phi) is 13.2. The van der Waals surface area contributed by atoms with Gasteiger partial charge in [-0.25, -0.2) is 19.3 Å². The second kappa shape index (κ2) is 17.1. The van der Waals surface area contributed by atoms with Crippen LogP contribution in [0, 0.1) is 19.8 Å². The number of furan rings is 1. The predicted molar refractivity (Wildman–Crippen MR) is 201 cm³/mol. The first-order chi connectivity index (χ1) is 23.5. The molecule has 9 heteroatoms. The largest absolute Gasteiger partial charge is 0.477 e. The van der Waals surface area contributed by atoms with E-state index in [1.807, 2.05) is 39.8 Å². The van der Waals surface area contributed by atoms with Crippen LogP contribution in [-0.2, 0) is 6.42 Å². The highest BCUT2D eigenvalue weighted by Crippen LogP contribution is 2.38. The third kappa shape index (κ3) is 9.81. The van der Waals surface area contributed by atoms with Gasteiger partial charge < -0.3 is 9.15 Å². The number of benzene rings is 2. The van der Waals surface area contributed by atoms with Crippen molar-refractivity contribution in [2.24, 2.45) is 5.92 Å². The van der Waals surface area contributed by atoms with Gasteiger partial charge in [-0.05, 0) is 93.6 Å². The molecule has 1 N–H and O–H groups in total. The molecule has 6 rings (SSSR count). The standard InChI is InChI=1S/C36H40FN5O2S.2C2H6/c1-21(2)31-17-30-34(44-31)38-19-26(39-30)16-28-24-11-8-12-27(15-24)45-42-35-40-29(33-22(3)9-7-10-23(33)4)18-32(41-35)43-20-25(28)13-14-36(5,6)37;2*1-2/h7-12,15,17-19,21,25,28H,13-14,16,20H2,1-6H3,(H,40,41,42);2*1-2H3. The minimum atomic E-state index is -1.31. The quantitative estimate of drug-likeness (QED) is 0.169. The van der Waals surface area contributed by atoms with Crippen LogP contribution in [0.1, 0.15) is 108 Å². The van der Waals surface area contributed by atoms with E-state index in [0.29, 0.717) is 43.4 Å². The smallest absolute Gasteiger partial charge is 0.245 e. The molecule has 0 radical (unpaired) electrons. The third-order valence-electron chi connectivity index (χ3n) is 8.42. The number of aromatic nitrogens is 4. The van der Waals surface area contributed by atoms with Gasteiger partial charge in [0.15, 0.2) is 0 Å². The monoisotopic (exact) mass is 685 g/mol. The SMILES string of the molecule is CC.CC.Cc1cccc(C)c1-c1cc2nc(n1)NSc1cccc(c1)C(Cc1cnc3oc(C(C)C)cc3n1)C(CCC(C)(C)F)CO2. The van der Waals surface area contributed by atoms with Crippen molar-refractivity contribution < 1.29 is 13.5 Å². The third-order valence-corrected chi connectivity index (χ3v) is 9.19. The van der Waals surface area contributed by atoms with Crippen LogP contribution in [0.4, 0.5) is 10.3 Å². The summed E-state index contributed by atoms with van der Waals surface area (Å²) in [6.07, 6.45) is 3.46. The van der Waals surface area contributed by atoms with Crippen molar-refractivity contribution in [3.63, 3.8) is 0 Å².